The van der Waals surface area contributed by atoms with E-state index in [-0.39, 0.29) is 0 Å². The van der Waals surface area contributed by atoms with Gasteiger partial charge in [-0.2, -0.15) is 0 Å². The quantitative estimate of drug-likeness (QED) is 0.706. The predicted molar refractivity (Wildman–Crippen MR) is 64.4 cm³/mol. The second kappa shape index (κ2) is 5.35. The third kappa shape index (κ3) is 2.69. The molecule has 0 amide bonds. The molecule has 0 spiro atoms. The highest BCUT2D eigenvalue weighted by molar-refractivity contribution is 5.80. The Kier molecular flexibility index (Phi) is 4.10. The first kappa shape index (κ1) is 11.5. The first-order valence-corrected chi connectivity index (χ1v) is 5.20. The van der Waals surface area contributed by atoms with Crippen LogP contribution in [-0.2, 0) is 0 Å². The van der Waals surface area contributed by atoms with E-state index in [0.717, 1.165) is 16.7 Å². The Hall–Kier alpha value is -1.57. The minimum Gasteiger partial charge on any atom is -0.495 e. The molecule has 15 heavy (non-hydrogen) atoms. The van der Waals surface area contributed by atoms with Gasteiger partial charge in [-0.25, -0.2) is 0 Å². The molecule has 0 saturated carbocycles. The number of methoxy groups -OCH3 is 1. The summed E-state index contributed by atoms with van der Waals surface area (Å²) >= 11 is 0. The minimum atomic E-state index is 0.804. The van der Waals surface area contributed by atoms with Gasteiger partial charge in [-0.15, -0.1) is 0 Å². The summed E-state index contributed by atoms with van der Waals surface area (Å²) in [5.74, 6) is 0.804. The fourth-order valence-electron chi connectivity index (χ4n) is 1.34. The van der Waals surface area contributed by atoms with Gasteiger partial charge in [0.1, 0.15) is 5.75 Å². The molecule has 0 aliphatic rings. The van der Waals surface area contributed by atoms with E-state index in [1.54, 1.807) is 13.3 Å². The number of benzene rings is 1. The van der Waals surface area contributed by atoms with Crippen molar-refractivity contribution in [3.8, 4) is 5.75 Å². The molecule has 1 aromatic heterocycles. The number of fused-ring (bicyclic) bond motifs is 1. The maximum atomic E-state index is 5.10. The van der Waals surface area contributed by atoms with Gasteiger partial charge in [-0.05, 0) is 25.1 Å². The van der Waals surface area contributed by atoms with E-state index in [2.05, 4.69) is 24.0 Å². The molecule has 2 nitrogen and oxygen atoms in total. The van der Waals surface area contributed by atoms with Crippen LogP contribution in [0.15, 0.2) is 30.5 Å². The van der Waals surface area contributed by atoms with Crippen LogP contribution >= 0.6 is 0 Å². The van der Waals surface area contributed by atoms with Gasteiger partial charge in [-0.1, -0.05) is 25.5 Å². The maximum Gasteiger partial charge on any atom is 0.137 e. The molecule has 0 aliphatic heterocycles. The average Bonchev–Trinajstić information content (AvgIpc) is 2.30. The lowest BCUT2D eigenvalue weighted by molar-refractivity contribution is 0.414. The number of nitrogens with zero attached hydrogens (tertiary/aromatic N) is 1. The van der Waals surface area contributed by atoms with Crippen LogP contribution in [0.3, 0.4) is 0 Å². The number of pyridine rings is 1. The highest BCUT2D eigenvalue weighted by Gasteiger charge is 1.96. The van der Waals surface area contributed by atoms with Crippen LogP contribution in [0, 0.1) is 6.92 Å². The predicted octanol–water partition coefficient (Wildman–Crippen LogP) is 3.58. The molecule has 0 saturated heterocycles. The fourth-order valence-corrected chi connectivity index (χ4v) is 1.34. The molecule has 2 rings (SSSR count). The van der Waals surface area contributed by atoms with Crippen molar-refractivity contribution in [1.29, 1.82) is 0 Å². The summed E-state index contributed by atoms with van der Waals surface area (Å²) in [7, 11) is 1.65. The van der Waals surface area contributed by atoms with E-state index in [4.69, 9.17) is 4.74 Å². The Morgan fingerprint density at radius 2 is 1.87 bits per heavy atom. The van der Waals surface area contributed by atoms with Crippen molar-refractivity contribution >= 4 is 10.9 Å². The van der Waals surface area contributed by atoms with Crippen molar-refractivity contribution in [3.05, 3.63) is 36.0 Å². The van der Waals surface area contributed by atoms with Crippen molar-refractivity contribution in [2.24, 2.45) is 0 Å². The van der Waals surface area contributed by atoms with Gasteiger partial charge < -0.3 is 4.74 Å². The molecule has 80 valence electrons. The molecule has 0 aliphatic carbocycles. The van der Waals surface area contributed by atoms with Crippen LogP contribution in [0.1, 0.15) is 19.4 Å². The number of ether oxygens (including phenoxy) is 1. The SMILES string of the molecule is CC.COc1cnc2ccc(C)cc2c1. The molecule has 1 aromatic carbocycles. The zero-order valence-electron chi connectivity index (χ0n) is 9.74. The van der Waals surface area contributed by atoms with Crippen LogP contribution in [0.5, 0.6) is 5.75 Å². The van der Waals surface area contributed by atoms with E-state index >= 15 is 0 Å². The molecule has 0 fully saturated rings. The first-order chi connectivity index (χ1) is 7.29. The lowest BCUT2D eigenvalue weighted by atomic mass is 10.1. The molecule has 0 radical (unpaired) electrons. The molecule has 1 heterocycles. The molecule has 0 N–H and O–H groups in total. The maximum absolute atomic E-state index is 5.10. The van der Waals surface area contributed by atoms with Crippen LogP contribution in [0.2, 0.25) is 0 Å². The Bertz CT molecular complexity index is 437. The molecule has 0 atom stereocenters. The van der Waals surface area contributed by atoms with E-state index < -0.39 is 0 Å². The van der Waals surface area contributed by atoms with Crippen molar-refractivity contribution in [1.82, 2.24) is 4.98 Å². The Morgan fingerprint density at radius 3 is 2.53 bits per heavy atom. The van der Waals surface area contributed by atoms with Crippen molar-refractivity contribution < 1.29 is 4.74 Å². The Labute approximate surface area is 90.9 Å². The Morgan fingerprint density at radius 1 is 1.13 bits per heavy atom. The number of hydrogen-bond donors (Lipinski definition) is 0. The number of hydrogen-bond acceptors (Lipinski definition) is 2. The minimum absolute atomic E-state index is 0.804. The summed E-state index contributed by atoms with van der Waals surface area (Å²) in [5.41, 5.74) is 2.24. The average molecular weight is 203 g/mol. The van der Waals surface area contributed by atoms with Crippen LogP contribution in [0.25, 0.3) is 10.9 Å². The summed E-state index contributed by atoms with van der Waals surface area (Å²) < 4.78 is 5.10. The summed E-state index contributed by atoms with van der Waals surface area (Å²) in [6, 6.07) is 8.17. The third-order valence-electron chi connectivity index (χ3n) is 2.05. The van der Waals surface area contributed by atoms with E-state index in [1.807, 2.05) is 26.0 Å². The third-order valence-corrected chi connectivity index (χ3v) is 2.05. The fraction of sp³-hybridized carbons (Fsp3) is 0.308. The van der Waals surface area contributed by atoms with Gasteiger partial charge in [0.2, 0.25) is 0 Å². The molecule has 2 aromatic rings. The zero-order chi connectivity index (χ0) is 11.3. The summed E-state index contributed by atoms with van der Waals surface area (Å²) in [4.78, 5) is 4.27. The molecule has 2 heteroatoms. The second-order valence-electron chi connectivity index (χ2n) is 3.07. The summed E-state index contributed by atoms with van der Waals surface area (Å²) in [6.45, 7) is 6.07. The zero-order valence-corrected chi connectivity index (χ0v) is 9.74. The van der Waals surface area contributed by atoms with E-state index in [0.29, 0.717) is 0 Å². The summed E-state index contributed by atoms with van der Waals surface area (Å²) in [6.07, 6.45) is 1.73. The lowest BCUT2D eigenvalue weighted by Gasteiger charge is -2.01. The Balaban J connectivity index is 0.000000531. The molecule has 0 unspecified atom stereocenters. The van der Waals surface area contributed by atoms with Crippen LogP contribution in [-0.4, -0.2) is 12.1 Å². The van der Waals surface area contributed by atoms with E-state index in [1.165, 1.54) is 5.56 Å². The van der Waals surface area contributed by atoms with E-state index in [9.17, 15) is 0 Å². The van der Waals surface area contributed by atoms with Crippen LogP contribution < -0.4 is 4.74 Å². The van der Waals surface area contributed by atoms with Gasteiger partial charge in [0.15, 0.2) is 0 Å². The highest BCUT2D eigenvalue weighted by atomic mass is 16.5. The van der Waals surface area contributed by atoms with Gasteiger partial charge in [0.05, 0.1) is 18.8 Å². The van der Waals surface area contributed by atoms with Gasteiger partial charge in [-0.3, -0.25) is 4.98 Å². The van der Waals surface area contributed by atoms with Crippen LogP contribution in [0.4, 0.5) is 0 Å². The number of aryl methyl sites for hydroxylation is 1. The number of rotatable bonds is 1. The lowest BCUT2D eigenvalue weighted by Crippen LogP contribution is -1.85. The largest absolute Gasteiger partial charge is 0.495 e. The normalized spacial score (nSPS) is 9.33. The first-order valence-electron chi connectivity index (χ1n) is 5.20. The molecular formula is C13H17NO. The summed E-state index contributed by atoms with van der Waals surface area (Å²) in [5, 5.41) is 1.12. The molecular weight excluding hydrogens is 186 g/mol. The standard InChI is InChI=1S/C11H11NO.C2H6/c1-8-3-4-11-9(5-8)6-10(13-2)7-12-11;1-2/h3-7H,1-2H3;1-2H3. The van der Waals surface area contributed by atoms with Crippen molar-refractivity contribution in [3.63, 3.8) is 0 Å². The highest BCUT2D eigenvalue weighted by Crippen LogP contribution is 2.18. The van der Waals surface area contributed by atoms with Gasteiger partial charge in [0.25, 0.3) is 0 Å². The number of aromatic nitrogens is 1. The van der Waals surface area contributed by atoms with Gasteiger partial charge >= 0.3 is 0 Å². The van der Waals surface area contributed by atoms with Gasteiger partial charge in [0, 0.05) is 5.39 Å². The van der Waals surface area contributed by atoms with Crippen molar-refractivity contribution in [2.75, 3.05) is 7.11 Å². The topological polar surface area (TPSA) is 22.1 Å². The van der Waals surface area contributed by atoms with Crippen molar-refractivity contribution in [2.45, 2.75) is 20.8 Å². The smallest absolute Gasteiger partial charge is 0.137 e. The monoisotopic (exact) mass is 203 g/mol. The second-order valence-corrected chi connectivity index (χ2v) is 3.07. The molecule has 0 bridgehead atoms.